The fourth-order valence-corrected chi connectivity index (χ4v) is 3.30. The Labute approximate surface area is 146 Å². The minimum Gasteiger partial charge on any atom is -0.354 e. The van der Waals surface area contributed by atoms with E-state index in [1.807, 2.05) is 23.7 Å². The Morgan fingerprint density at radius 1 is 1.16 bits per heavy atom. The molecule has 4 rings (SSSR count). The highest BCUT2D eigenvalue weighted by atomic mass is 16.5. The highest BCUT2D eigenvalue weighted by Crippen LogP contribution is 2.20. The van der Waals surface area contributed by atoms with Crippen LogP contribution >= 0.6 is 0 Å². The van der Waals surface area contributed by atoms with Crippen molar-refractivity contribution in [1.82, 2.24) is 29.6 Å². The Morgan fingerprint density at radius 2 is 2.00 bits per heavy atom. The molecule has 0 bridgehead atoms. The Morgan fingerprint density at radius 3 is 2.72 bits per heavy atom. The first kappa shape index (κ1) is 16.0. The molecule has 0 saturated carbocycles. The van der Waals surface area contributed by atoms with Crippen molar-refractivity contribution in [2.45, 2.75) is 33.2 Å². The number of hydrogen-bond acceptors (Lipinski definition) is 7. The molecule has 0 aliphatic carbocycles. The average molecular weight is 341 g/mol. The van der Waals surface area contributed by atoms with E-state index in [2.05, 4.69) is 43.0 Å². The molecule has 1 aliphatic rings. The smallest absolute Gasteiger partial charge is 0.223 e. The van der Waals surface area contributed by atoms with Gasteiger partial charge in [-0.2, -0.15) is 14.6 Å². The summed E-state index contributed by atoms with van der Waals surface area (Å²) in [7, 11) is 0. The highest BCUT2D eigenvalue weighted by molar-refractivity contribution is 5.51. The van der Waals surface area contributed by atoms with Crippen molar-refractivity contribution < 1.29 is 4.52 Å². The van der Waals surface area contributed by atoms with Crippen molar-refractivity contribution in [2.75, 3.05) is 31.1 Å². The highest BCUT2D eigenvalue weighted by Gasteiger charge is 2.21. The van der Waals surface area contributed by atoms with Gasteiger partial charge in [-0.1, -0.05) is 18.5 Å². The second-order valence-corrected chi connectivity index (χ2v) is 6.45. The molecule has 0 radical (unpaired) electrons. The van der Waals surface area contributed by atoms with E-state index in [0.29, 0.717) is 5.89 Å². The molecule has 1 saturated heterocycles. The van der Waals surface area contributed by atoms with Crippen LogP contribution in [0.1, 0.15) is 30.8 Å². The lowest BCUT2D eigenvalue weighted by Gasteiger charge is -2.35. The molecule has 8 heteroatoms. The summed E-state index contributed by atoms with van der Waals surface area (Å²) in [5.74, 6) is 2.51. The maximum Gasteiger partial charge on any atom is 0.223 e. The minimum atomic E-state index is 0.620. The van der Waals surface area contributed by atoms with Crippen molar-refractivity contribution in [2.24, 2.45) is 0 Å². The SMILES string of the molecule is CCCc1cc(N2CCN(Cc3noc(C)n3)CC2)n2nccc2n1. The van der Waals surface area contributed by atoms with Crippen molar-refractivity contribution in [3.63, 3.8) is 0 Å². The quantitative estimate of drug-likeness (QED) is 0.699. The second kappa shape index (κ2) is 6.79. The number of piperazine rings is 1. The van der Waals surface area contributed by atoms with Crippen LogP contribution in [-0.4, -0.2) is 55.8 Å². The largest absolute Gasteiger partial charge is 0.354 e. The zero-order valence-corrected chi connectivity index (χ0v) is 14.7. The number of fused-ring (bicyclic) bond motifs is 1. The Bertz CT molecular complexity index is 848. The molecule has 1 aliphatic heterocycles. The number of anilines is 1. The van der Waals surface area contributed by atoms with E-state index in [1.54, 1.807) is 0 Å². The minimum absolute atomic E-state index is 0.620. The molecule has 0 atom stereocenters. The molecule has 0 spiro atoms. The van der Waals surface area contributed by atoms with Crippen LogP contribution in [0.5, 0.6) is 0 Å². The third-order valence-corrected chi connectivity index (χ3v) is 4.53. The van der Waals surface area contributed by atoms with Gasteiger partial charge < -0.3 is 9.42 Å². The molecule has 25 heavy (non-hydrogen) atoms. The summed E-state index contributed by atoms with van der Waals surface area (Å²) in [5, 5.41) is 8.44. The first-order valence-electron chi connectivity index (χ1n) is 8.83. The van der Waals surface area contributed by atoms with Gasteiger partial charge >= 0.3 is 0 Å². The number of aryl methyl sites for hydroxylation is 2. The molecule has 1 fully saturated rings. The Hall–Kier alpha value is -2.48. The summed E-state index contributed by atoms with van der Waals surface area (Å²) in [4.78, 5) is 13.7. The lowest BCUT2D eigenvalue weighted by Crippen LogP contribution is -2.46. The second-order valence-electron chi connectivity index (χ2n) is 6.45. The van der Waals surface area contributed by atoms with Crippen LogP contribution in [0.25, 0.3) is 5.65 Å². The monoisotopic (exact) mass is 341 g/mol. The van der Waals surface area contributed by atoms with Crippen molar-refractivity contribution in [1.29, 1.82) is 0 Å². The maximum absolute atomic E-state index is 5.06. The van der Waals surface area contributed by atoms with Gasteiger partial charge in [-0.3, -0.25) is 4.90 Å². The third-order valence-electron chi connectivity index (χ3n) is 4.53. The normalized spacial score (nSPS) is 16.0. The summed E-state index contributed by atoms with van der Waals surface area (Å²) in [6.45, 7) is 8.55. The summed E-state index contributed by atoms with van der Waals surface area (Å²) in [6.07, 6.45) is 3.90. The molecule has 0 amide bonds. The number of nitrogens with zero attached hydrogens (tertiary/aromatic N) is 7. The number of aromatic nitrogens is 5. The van der Waals surface area contributed by atoms with Crippen molar-refractivity contribution in [3.8, 4) is 0 Å². The fraction of sp³-hybridized carbons (Fsp3) is 0.529. The Kier molecular flexibility index (Phi) is 4.35. The lowest BCUT2D eigenvalue weighted by atomic mass is 10.2. The van der Waals surface area contributed by atoms with Gasteiger partial charge in [0, 0.05) is 50.9 Å². The van der Waals surface area contributed by atoms with Crippen molar-refractivity contribution >= 4 is 11.5 Å². The van der Waals surface area contributed by atoms with E-state index in [0.717, 1.165) is 68.5 Å². The van der Waals surface area contributed by atoms with Gasteiger partial charge in [0.15, 0.2) is 11.5 Å². The zero-order valence-electron chi connectivity index (χ0n) is 14.7. The van der Waals surface area contributed by atoms with E-state index in [4.69, 9.17) is 4.52 Å². The van der Waals surface area contributed by atoms with E-state index < -0.39 is 0 Å². The molecule has 3 aromatic heterocycles. The zero-order chi connectivity index (χ0) is 17.2. The van der Waals surface area contributed by atoms with Crippen LogP contribution in [0.3, 0.4) is 0 Å². The number of hydrogen-bond donors (Lipinski definition) is 0. The third kappa shape index (κ3) is 3.34. The van der Waals surface area contributed by atoms with Gasteiger partial charge in [-0.05, 0) is 6.42 Å². The molecule has 0 unspecified atom stereocenters. The standard InChI is InChI=1S/C17H23N7O/c1-3-4-14-11-17(24-16(20-14)5-6-18-24)23-9-7-22(8-10-23)12-15-19-13(2)25-21-15/h5-6,11H,3-4,7-10,12H2,1-2H3. The van der Waals surface area contributed by atoms with Gasteiger partial charge in [0.1, 0.15) is 5.82 Å². The topological polar surface area (TPSA) is 75.6 Å². The van der Waals surface area contributed by atoms with Crippen LogP contribution in [-0.2, 0) is 13.0 Å². The summed E-state index contributed by atoms with van der Waals surface area (Å²) in [6, 6.07) is 4.15. The number of rotatable bonds is 5. The van der Waals surface area contributed by atoms with Gasteiger partial charge in [0.2, 0.25) is 5.89 Å². The van der Waals surface area contributed by atoms with E-state index in [1.165, 1.54) is 0 Å². The average Bonchev–Trinajstić information content (AvgIpc) is 3.24. The molecule has 8 nitrogen and oxygen atoms in total. The first-order chi connectivity index (χ1) is 12.2. The lowest BCUT2D eigenvalue weighted by molar-refractivity contribution is 0.239. The molecule has 0 aromatic carbocycles. The van der Waals surface area contributed by atoms with Crippen LogP contribution in [0.2, 0.25) is 0 Å². The van der Waals surface area contributed by atoms with Gasteiger partial charge in [-0.25, -0.2) is 4.98 Å². The molecule has 4 heterocycles. The van der Waals surface area contributed by atoms with Crippen LogP contribution < -0.4 is 4.90 Å². The molecule has 132 valence electrons. The summed E-state index contributed by atoms with van der Waals surface area (Å²) >= 11 is 0. The predicted octanol–water partition coefficient (Wildman–Crippen LogP) is 1.70. The predicted molar refractivity (Wildman–Crippen MR) is 93.5 cm³/mol. The van der Waals surface area contributed by atoms with Crippen LogP contribution in [0.4, 0.5) is 5.82 Å². The van der Waals surface area contributed by atoms with E-state index in [-0.39, 0.29) is 0 Å². The fourth-order valence-electron chi connectivity index (χ4n) is 3.30. The summed E-state index contributed by atoms with van der Waals surface area (Å²) < 4.78 is 7.00. The molecule has 0 N–H and O–H groups in total. The first-order valence-corrected chi connectivity index (χ1v) is 8.83. The van der Waals surface area contributed by atoms with Crippen LogP contribution in [0, 0.1) is 6.92 Å². The molecular formula is C17H23N7O. The molecular weight excluding hydrogens is 318 g/mol. The van der Waals surface area contributed by atoms with Crippen LogP contribution in [0.15, 0.2) is 22.9 Å². The van der Waals surface area contributed by atoms with Crippen molar-refractivity contribution in [3.05, 3.63) is 35.7 Å². The van der Waals surface area contributed by atoms with Gasteiger partial charge in [-0.15, -0.1) is 0 Å². The summed E-state index contributed by atoms with van der Waals surface area (Å²) in [5.41, 5.74) is 2.06. The van der Waals surface area contributed by atoms with E-state index in [9.17, 15) is 0 Å². The van der Waals surface area contributed by atoms with E-state index >= 15 is 0 Å². The maximum atomic E-state index is 5.06. The molecule has 3 aromatic rings. The Balaban J connectivity index is 1.48. The van der Waals surface area contributed by atoms with Gasteiger partial charge in [0.25, 0.3) is 0 Å². The van der Waals surface area contributed by atoms with Gasteiger partial charge in [0.05, 0.1) is 12.7 Å².